The molecule has 1 aromatic carbocycles. The number of aromatic amines is 1. The van der Waals surface area contributed by atoms with Crippen LogP contribution in [-0.4, -0.2) is 60.2 Å². The number of rotatable bonds is 7. The summed E-state index contributed by atoms with van der Waals surface area (Å²) in [5.41, 5.74) is -0.697. The van der Waals surface area contributed by atoms with Crippen molar-refractivity contribution in [2.75, 3.05) is 13.1 Å². The van der Waals surface area contributed by atoms with Crippen molar-refractivity contribution < 1.29 is 32.6 Å². The zero-order valence-electron chi connectivity index (χ0n) is 18.7. The second kappa shape index (κ2) is 9.76. The quantitative estimate of drug-likeness (QED) is 0.519. The number of carbonyl (C=O) groups is 2. The van der Waals surface area contributed by atoms with Crippen LogP contribution in [0.15, 0.2) is 30.5 Å². The van der Waals surface area contributed by atoms with Gasteiger partial charge >= 0.3 is 12.1 Å². The van der Waals surface area contributed by atoms with Crippen molar-refractivity contribution in [2.45, 2.75) is 39.1 Å². The molecule has 0 aliphatic carbocycles. The van der Waals surface area contributed by atoms with Gasteiger partial charge in [-0.05, 0) is 49.9 Å². The van der Waals surface area contributed by atoms with E-state index < -0.39 is 23.7 Å². The lowest BCUT2D eigenvalue weighted by Crippen LogP contribution is -2.41. The Morgan fingerprint density at radius 3 is 2.66 bits per heavy atom. The van der Waals surface area contributed by atoms with E-state index in [0.717, 1.165) is 6.42 Å². The predicted octanol–water partition coefficient (Wildman–Crippen LogP) is 3.16. The molecule has 13 heteroatoms. The van der Waals surface area contributed by atoms with Crippen molar-refractivity contribution in [1.29, 1.82) is 0 Å². The highest BCUT2D eigenvalue weighted by Gasteiger charge is 2.38. The first-order valence-corrected chi connectivity index (χ1v) is 10.9. The Morgan fingerprint density at radius 1 is 1.26 bits per heavy atom. The molecule has 1 aliphatic rings. The summed E-state index contributed by atoms with van der Waals surface area (Å²) < 4.78 is 46.3. The van der Waals surface area contributed by atoms with E-state index in [-0.39, 0.29) is 29.3 Å². The maximum atomic E-state index is 13.0. The number of benzene rings is 1. The standard InChI is InChI=1S/C22H23F3N6O4/c1-13-18(27-28-19(13)22(23,24)25)20(32)30-8-2-3-14(9-30)10-31-11-16(26-29-31)12-35-17-6-4-15(5-7-17)21(33)34/h4-7,11,14H,2-3,8-10,12H2,1H3,(H,27,28)(H,33,34). The zero-order chi connectivity index (χ0) is 25.2. The molecule has 35 heavy (non-hydrogen) atoms. The highest BCUT2D eigenvalue weighted by molar-refractivity contribution is 5.94. The van der Waals surface area contributed by atoms with Crippen molar-refractivity contribution >= 4 is 11.9 Å². The minimum absolute atomic E-state index is 0.0491. The Labute approximate surface area is 197 Å². The van der Waals surface area contributed by atoms with Crippen LogP contribution in [0.4, 0.5) is 13.2 Å². The molecule has 2 N–H and O–H groups in total. The summed E-state index contributed by atoms with van der Waals surface area (Å²) in [6, 6.07) is 6.00. The summed E-state index contributed by atoms with van der Waals surface area (Å²) >= 11 is 0. The topological polar surface area (TPSA) is 126 Å². The molecule has 10 nitrogen and oxygen atoms in total. The molecule has 3 aromatic rings. The lowest BCUT2D eigenvalue weighted by atomic mass is 9.97. The van der Waals surface area contributed by atoms with Gasteiger partial charge in [-0.15, -0.1) is 5.10 Å². The Bertz CT molecular complexity index is 1200. The number of hydrogen-bond donors (Lipinski definition) is 2. The molecule has 0 bridgehead atoms. The van der Waals surface area contributed by atoms with Gasteiger partial charge in [0.05, 0.1) is 11.8 Å². The number of aromatic nitrogens is 5. The van der Waals surface area contributed by atoms with Crippen LogP contribution in [0.25, 0.3) is 0 Å². The number of ether oxygens (including phenoxy) is 1. The van der Waals surface area contributed by atoms with Crippen molar-refractivity contribution in [3.8, 4) is 5.75 Å². The van der Waals surface area contributed by atoms with Crippen LogP contribution >= 0.6 is 0 Å². The van der Waals surface area contributed by atoms with Gasteiger partial charge in [0.15, 0.2) is 5.69 Å². The number of carboxylic acid groups (broad SMARTS) is 1. The fourth-order valence-corrected chi connectivity index (χ4v) is 4.04. The van der Waals surface area contributed by atoms with E-state index in [1.807, 2.05) is 5.10 Å². The van der Waals surface area contributed by atoms with Crippen LogP contribution < -0.4 is 4.74 Å². The third-order valence-corrected chi connectivity index (χ3v) is 5.82. The van der Waals surface area contributed by atoms with Crippen LogP contribution in [0.2, 0.25) is 0 Å². The van der Waals surface area contributed by atoms with E-state index in [1.165, 1.54) is 24.0 Å². The zero-order valence-corrected chi connectivity index (χ0v) is 18.7. The molecule has 0 radical (unpaired) electrons. The van der Waals surface area contributed by atoms with Crippen LogP contribution in [0.5, 0.6) is 5.75 Å². The molecule has 1 fully saturated rings. The molecule has 1 atom stereocenters. The van der Waals surface area contributed by atoms with E-state index in [2.05, 4.69) is 15.4 Å². The van der Waals surface area contributed by atoms with Gasteiger partial charge in [0.1, 0.15) is 23.7 Å². The minimum Gasteiger partial charge on any atom is -0.487 e. The van der Waals surface area contributed by atoms with Crippen molar-refractivity contribution in [1.82, 2.24) is 30.1 Å². The molecule has 1 amide bonds. The number of amides is 1. The minimum atomic E-state index is -4.60. The number of carbonyl (C=O) groups excluding carboxylic acids is 1. The number of piperidine rings is 1. The number of H-pyrrole nitrogens is 1. The molecule has 1 saturated heterocycles. The molecule has 1 unspecified atom stereocenters. The fraction of sp³-hybridized carbons (Fsp3) is 0.409. The number of nitrogens with zero attached hydrogens (tertiary/aromatic N) is 5. The van der Waals surface area contributed by atoms with Gasteiger partial charge in [0.2, 0.25) is 0 Å². The molecule has 4 rings (SSSR count). The largest absolute Gasteiger partial charge is 0.487 e. The van der Waals surface area contributed by atoms with E-state index in [1.54, 1.807) is 23.0 Å². The SMILES string of the molecule is Cc1c(C(=O)N2CCCC(Cn3cc(COc4ccc(C(=O)O)cc4)nn3)C2)n[nH]c1C(F)(F)F. The van der Waals surface area contributed by atoms with E-state index in [4.69, 9.17) is 9.84 Å². The average molecular weight is 492 g/mol. The number of carboxylic acids is 1. The lowest BCUT2D eigenvalue weighted by molar-refractivity contribution is -0.141. The predicted molar refractivity (Wildman–Crippen MR) is 115 cm³/mol. The number of nitrogens with one attached hydrogen (secondary N) is 1. The summed E-state index contributed by atoms with van der Waals surface area (Å²) in [5, 5.41) is 22.7. The first kappa shape index (κ1) is 24.2. The monoisotopic (exact) mass is 492 g/mol. The maximum absolute atomic E-state index is 13.0. The average Bonchev–Trinajstić information content (AvgIpc) is 3.43. The highest BCUT2D eigenvalue weighted by atomic mass is 19.4. The molecule has 0 saturated carbocycles. The van der Waals surface area contributed by atoms with E-state index >= 15 is 0 Å². The summed E-state index contributed by atoms with van der Waals surface area (Å²) in [6.07, 6.45) is -1.34. The van der Waals surface area contributed by atoms with Gasteiger partial charge in [-0.3, -0.25) is 14.6 Å². The third kappa shape index (κ3) is 5.61. The highest BCUT2D eigenvalue weighted by Crippen LogP contribution is 2.32. The number of likely N-dealkylation sites (tertiary alicyclic amines) is 1. The summed E-state index contributed by atoms with van der Waals surface area (Å²) in [7, 11) is 0. The molecular weight excluding hydrogens is 469 g/mol. The molecule has 0 spiro atoms. The van der Waals surface area contributed by atoms with Gasteiger partial charge in [-0.2, -0.15) is 18.3 Å². The molecule has 2 aromatic heterocycles. The second-order valence-corrected chi connectivity index (χ2v) is 8.38. The van der Waals surface area contributed by atoms with Crippen LogP contribution in [0.1, 0.15) is 50.6 Å². The number of halogens is 3. The van der Waals surface area contributed by atoms with Gasteiger partial charge in [-0.25, -0.2) is 4.79 Å². The number of hydrogen-bond acceptors (Lipinski definition) is 6. The molecule has 1 aliphatic heterocycles. The number of aromatic carboxylic acids is 1. The van der Waals surface area contributed by atoms with Gasteiger partial charge in [0.25, 0.3) is 5.91 Å². The van der Waals surface area contributed by atoms with Crippen LogP contribution in [-0.2, 0) is 19.3 Å². The number of alkyl halides is 3. The fourth-order valence-electron chi connectivity index (χ4n) is 4.04. The van der Waals surface area contributed by atoms with Crippen LogP contribution in [0.3, 0.4) is 0 Å². The van der Waals surface area contributed by atoms with E-state index in [0.29, 0.717) is 37.5 Å². The Kier molecular flexibility index (Phi) is 6.76. The third-order valence-electron chi connectivity index (χ3n) is 5.82. The van der Waals surface area contributed by atoms with Crippen molar-refractivity contribution in [3.05, 3.63) is 58.7 Å². The van der Waals surface area contributed by atoms with Gasteiger partial charge in [0, 0.05) is 25.2 Å². The normalized spacial score (nSPS) is 16.3. The van der Waals surface area contributed by atoms with E-state index in [9.17, 15) is 22.8 Å². The van der Waals surface area contributed by atoms with Crippen molar-refractivity contribution in [2.24, 2.45) is 5.92 Å². The Balaban J connectivity index is 1.33. The van der Waals surface area contributed by atoms with Crippen LogP contribution in [0, 0.1) is 12.8 Å². The van der Waals surface area contributed by atoms with Gasteiger partial charge in [-0.1, -0.05) is 5.21 Å². The summed E-state index contributed by atoms with van der Waals surface area (Å²) in [4.78, 5) is 25.3. The molecular formula is C22H23F3N6O4. The molecule has 3 heterocycles. The van der Waals surface area contributed by atoms with Gasteiger partial charge < -0.3 is 14.7 Å². The second-order valence-electron chi connectivity index (χ2n) is 8.38. The Hall–Kier alpha value is -3.90. The summed E-state index contributed by atoms with van der Waals surface area (Å²) in [6.45, 7) is 2.67. The smallest absolute Gasteiger partial charge is 0.433 e. The first-order chi connectivity index (χ1) is 16.6. The summed E-state index contributed by atoms with van der Waals surface area (Å²) in [5.74, 6) is -1.00. The Morgan fingerprint density at radius 2 is 2.00 bits per heavy atom. The maximum Gasteiger partial charge on any atom is 0.433 e. The molecule has 186 valence electrons. The first-order valence-electron chi connectivity index (χ1n) is 10.9. The lowest BCUT2D eigenvalue weighted by Gasteiger charge is -2.32. The van der Waals surface area contributed by atoms with Crippen molar-refractivity contribution in [3.63, 3.8) is 0 Å².